The zero-order chi connectivity index (χ0) is 27.5. The molecule has 12 nitrogen and oxygen atoms in total. The lowest BCUT2D eigenvalue weighted by atomic mass is 10.0. The van der Waals surface area contributed by atoms with Crippen molar-refractivity contribution in [3.63, 3.8) is 0 Å². The summed E-state index contributed by atoms with van der Waals surface area (Å²) in [5.41, 5.74) is 2.58. The molecule has 0 aliphatic heterocycles. The number of aryl methyl sites for hydroxylation is 1. The van der Waals surface area contributed by atoms with Crippen LogP contribution in [0.4, 0.5) is 0 Å². The van der Waals surface area contributed by atoms with Gasteiger partial charge in [-0.1, -0.05) is 36.4 Å². The Balaban J connectivity index is 1.45. The largest absolute Gasteiger partial charge is 0.481 e. The van der Waals surface area contributed by atoms with Gasteiger partial charge in [0.2, 0.25) is 11.7 Å². The smallest absolute Gasteiger partial charge is 0.341 e. The van der Waals surface area contributed by atoms with Crippen LogP contribution in [0.2, 0.25) is 0 Å². The molecule has 0 saturated carbocycles. The van der Waals surface area contributed by atoms with Gasteiger partial charge in [0.15, 0.2) is 6.61 Å². The highest BCUT2D eigenvalue weighted by Gasteiger charge is 2.23. The average Bonchev–Trinajstić information content (AvgIpc) is 3.67. The number of unbranched alkanes of at least 4 members (excludes halogenated alkanes) is 1. The van der Waals surface area contributed by atoms with E-state index in [4.69, 9.17) is 14.3 Å². The molecule has 0 aliphatic rings. The third-order valence-electron chi connectivity index (χ3n) is 5.86. The predicted octanol–water partition coefficient (Wildman–Crippen LogP) is 2.40. The Morgan fingerprint density at radius 1 is 1.05 bits per heavy atom. The number of nitrogens with one attached hydrogen (secondary N) is 3. The fourth-order valence-corrected chi connectivity index (χ4v) is 3.93. The van der Waals surface area contributed by atoms with Crippen LogP contribution in [0.15, 0.2) is 71.5 Å². The van der Waals surface area contributed by atoms with E-state index in [2.05, 4.69) is 43.4 Å². The van der Waals surface area contributed by atoms with Crippen molar-refractivity contribution in [2.45, 2.75) is 31.7 Å². The number of carbonyl (C=O) groups excluding carboxylic acids is 2. The van der Waals surface area contributed by atoms with E-state index in [1.165, 1.54) is 24.2 Å². The minimum Gasteiger partial charge on any atom is -0.481 e. The van der Waals surface area contributed by atoms with Crippen LogP contribution in [-0.2, 0) is 22.4 Å². The Hall–Kier alpha value is -5.00. The molecule has 0 unspecified atom stereocenters. The van der Waals surface area contributed by atoms with Gasteiger partial charge >= 0.3 is 5.97 Å². The molecule has 202 valence electrons. The van der Waals surface area contributed by atoms with Crippen LogP contribution in [0.25, 0.3) is 11.4 Å². The number of nitrogens with zero attached hydrogens (tertiary/aromatic N) is 3. The molecule has 4 rings (SSSR count). The van der Waals surface area contributed by atoms with E-state index in [-0.39, 0.29) is 23.9 Å². The number of amides is 2. The number of carboxylic acid groups (broad SMARTS) is 1. The van der Waals surface area contributed by atoms with Crippen molar-refractivity contribution >= 4 is 17.8 Å². The van der Waals surface area contributed by atoms with Crippen molar-refractivity contribution in [2.24, 2.45) is 0 Å². The normalized spacial score (nSPS) is 11.5. The van der Waals surface area contributed by atoms with Crippen molar-refractivity contribution in [3.05, 3.63) is 83.8 Å². The predicted molar refractivity (Wildman–Crippen MR) is 139 cm³/mol. The zero-order valence-corrected chi connectivity index (χ0v) is 21.0. The summed E-state index contributed by atoms with van der Waals surface area (Å²) in [6.45, 7) is -0.0971. The number of rotatable bonds is 14. The fraction of sp³-hybridized carbons (Fsp3) is 0.259. The average molecular weight is 533 g/mol. The first-order chi connectivity index (χ1) is 19.0. The molecule has 2 heterocycles. The molecule has 1 atom stereocenters. The van der Waals surface area contributed by atoms with Gasteiger partial charge in [0.25, 0.3) is 5.91 Å². The van der Waals surface area contributed by atoms with Crippen molar-refractivity contribution in [1.82, 2.24) is 31.3 Å². The lowest BCUT2D eigenvalue weighted by Gasteiger charge is -2.19. The summed E-state index contributed by atoms with van der Waals surface area (Å²) in [6.07, 6.45) is 5.42. The molecule has 39 heavy (non-hydrogen) atoms. The summed E-state index contributed by atoms with van der Waals surface area (Å²) >= 11 is 0. The number of aromatic nitrogens is 4. The highest BCUT2D eigenvalue weighted by molar-refractivity contribution is 5.97. The number of carboxylic acids is 1. The van der Waals surface area contributed by atoms with Crippen LogP contribution >= 0.6 is 0 Å². The lowest BCUT2D eigenvalue weighted by molar-refractivity contribution is -0.139. The van der Waals surface area contributed by atoms with E-state index < -0.39 is 24.5 Å². The molecular formula is C27H28N6O6. The molecule has 4 aromatic rings. The Labute approximate surface area is 223 Å². The van der Waals surface area contributed by atoms with Gasteiger partial charge in [0, 0.05) is 13.0 Å². The van der Waals surface area contributed by atoms with E-state index in [0.717, 1.165) is 19.3 Å². The van der Waals surface area contributed by atoms with E-state index in [1.54, 1.807) is 18.2 Å². The Morgan fingerprint density at radius 2 is 1.90 bits per heavy atom. The standard InChI is InChI=1S/C27H28N6O6/c34-24(35)17-39-23-10-9-19(14-21(23)25-30-32-33-31-25)15-22(29-26(36)20-11-13-38-16-20)27(37)28-12-5-4-8-18-6-2-1-3-7-18/h1-3,6-7,9-11,13-14,16,22H,4-5,8,12,15,17H2,(H,28,37)(H,29,36)(H,34,35)(H,30,31,32,33)/t22-/m0/s1. The monoisotopic (exact) mass is 532 g/mol. The van der Waals surface area contributed by atoms with Gasteiger partial charge in [-0.25, -0.2) is 4.79 Å². The third-order valence-corrected chi connectivity index (χ3v) is 5.86. The first-order valence-corrected chi connectivity index (χ1v) is 12.4. The molecule has 0 spiro atoms. The first-order valence-electron chi connectivity index (χ1n) is 12.4. The number of carbonyl (C=O) groups is 3. The molecule has 4 N–H and O–H groups in total. The number of tetrazole rings is 1. The van der Waals surface area contributed by atoms with Gasteiger partial charge in [0.1, 0.15) is 18.1 Å². The molecular weight excluding hydrogens is 504 g/mol. The minimum absolute atomic E-state index is 0.142. The summed E-state index contributed by atoms with van der Waals surface area (Å²) < 4.78 is 10.4. The number of aliphatic carboxylic acids is 1. The van der Waals surface area contributed by atoms with Crippen LogP contribution < -0.4 is 15.4 Å². The van der Waals surface area contributed by atoms with E-state index in [1.807, 2.05) is 18.2 Å². The van der Waals surface area contributed by atoms with Crippen LogP contribution in [-0.4, -0.2) is 62.7 Å². The fourth-order valence-electron chi connectivity index (χ4n) is 3.93. The van der Waals surface area contributed by atoms with E-state index in [0.29, 0.717) is 23.2 Å². The number of furan rings is 1. The Kier molecular flexibility index (Phi) is 9.37. The Bertz CT molecular complexity index is 1360. The van der Waals surface area contributed by atoms with Crippen LogP contribution in [0.5, 0.6) is 5.75 Å². The zero-order valence-electron chi connectivity index (χ0n) is 21.0. The molecule has 0 aliphatic carbocycles. The SMILES string of the molecule is O=C(O)COc1ccc(C[C@H](NC(=O)c2ccoc2)C(=O)NCCCCc2ccccc2)cc1-c1nn[nH]n1. The first kappa shape index (κ1) is 27.0. The Morgan fingerprint density at radius 3 is 2.62 bits per heavy atom. The van der Waals surface area contributed by atoms with Crippen molar-refractivity contribution in [2.75, 3.05) is 13.2 Å². The summed E-state index contributed by atoms with van der Waals surface area (Å²) in [7, 11) is 0. The second-order valence-corrected chi connectivity index (χ2v) is 8.72. The van der Waals surface area contributed by atoms with E-state index >= 15 is 0 Å². The second kappa shape index (κ2) is 13.5. The third kappa shape index (κ3) is 7.99. The number of hydrogen-bond acceptors (Lipinski definition) is 8. The molecule has 12 heteroatoms. The van der Waals surface area contributed by atoms with Gasteiger partial charge in [0.05, 0.1) is 17.4 Å². The summed E-state index contributed by atoms with van der Waals surface area (Å²) in [4.78, 5) is 36.9. The van der Waals surface area contributed by atoms with Gasteiger partial charge in [-0.2, -0.15) is 5.21 Å². The molecule has 2 amide bonds. The number of benzene rings is 2. The van der Waals surface area contributed by atoms with Gasteiger partial charge < -0.3 is 24.9 Å². The molecule has 0 radical (unpaired) electrons. The second-order valence-electron chi connectivity index (χ2n) is 8.72. The molecule has 0 saturated heterocycles. The number of ether oxygens (including phenoxy) is 1. The highest BCUT2D eigenvalue weighted by atomic mass is 16.5. The molecule has 0 bridgehead atoms. The van der Waals surface area contributed by atoms with Crippen molar-refractivity contribution in [1.29, 1.82) is 0 Å². The lowest BCUT2D eigenvalue weighted by Crippen LogP contribution is -2.48. The summed E-state index contributed by atoms with van der Waals surface area (Å²) in [5, 5.41) is 28.5. The van der Waals surface area contributed by atoms with Gasteiger partial charge in [-0.3, -0.25) is 9.59 Å². The molecule has 2 aromatic carbocycles. The van der Waals surface area contributed by atoms with Crippen molar-refractivity contribution < 1.29 is 28.6 Å². The minimum atomic E-state index is -1.14. The van der Waals surface area contributed by atoms with Crippen LogP contribution in [0.3, 0.4) is 0 Å². The number of H-pyrrole nitrogens is 1. The van der Waals surface area contributed by atoms with Gasteiger partial charge in [-0.15, -0.1) is 10.2 Å². The topological polar surface area (TPSA) is 172 Å². The quantitative estimate of drug-likeness (QED) is 0.178. The maximum absolute atomic E-state index is 13.2. The maximum atomic E-state index is 13.2. The highest BCUT2D eigenvalue weighted by Crippen LogP contribution is 2.29. The van der Waals surface area contributed by atoms with Crippen LogP contribution in [0, 0.1) is 0 Å². The van der Waals surface area contributed by atoms with Gasteiger partial charge in [-0.05, 0) is 53.8 Å². The summed E-state index contributed by atoms with van der Waals surface area (Å²) in [6, 6.07) is 15.7. The number of aromatic amines is 1. The van der Waals surface area contributed by atoms with Crippen molar-refractivity contribution in [3.8, 4) is 17.1 Å². The van der Waals surface area contributed by atoms with E-state index in [9.17, 15) is 14.4 Å². The van der Waals surface area contributed by atoms with Crippen LogP contribution in [0.1, 0.15) is 34.3 Å². The molecule has 0 fully saturated rings. The number of hydrogen-bond donors (Lipinski definition) is 4. The maximum Gasteiger partial charge on any atom is 0.341 e. The molecule has 2 aromatic heterocycles. The summed E-state index contributed by atoms with van der Waals surface area (Å²) in [5.74, 6) is -1.49.